The SMILES string of the molecule is CCCCCNC(=O)C(O)(c1cccc(OC)c1)C(F)(F)F. The largest absolute Gasteiger partial charge is 0.497 e. The first-order chi connectivity index (χ1) is 10.3. The third kappa shape index (κ3) is 3.91. The Labute approximate surface area is 127 Å². The normalized spacial score (nSPS) is 14.3. The minimum absolute atomic E-state index is 0.0784. The molecule has 0 bridgehead atoms. The van der Waals surface area contributed by atoms with Crippen LogP contribution in [0, 0.1) is 0 Å². The number of aliphatic hydroxyl groups is 1. The molecule has 7 heteroatoms. The summed E-state index contributed by atoms with van der Waals surface area (Å²) >= 11 is 0. The van der Waals surface area contributed by atoms with Crippen molar-refractivity contribution in [1.29, 1.82) is 0 Å². The number of alkyl halides is 3. The lowest BCUT2D eigenvalue weighted by molar-refractivity contribution is -0.257. The Morgan fingerprint density at radius 2 is 2.00 bits per heavy atom. The van der Waals surface area contributed by atoms with Crippen LogP contribution in [0.4, 0.5) is 13.2 Å². The molecule has 1 aromatic carbocycles. The first-order valence-corrected chi connectivity index (χ1v) is 6.99. The van der Waals surface area contributed by atoms with Gasteiger partial charge in [-0.15, -0.1) is 0 Å². The van der Waals surface area contributed by atoms with Crippen molar-refractivity contribution < 1.29 is 27.8 Å². The van der Waals surface area contributed by atoms with Crippen LogP contribution in [0.2, 0.25) is 0 Å². The predicted molar refractivity (Wildman–Crippen MR) is 75.5 cm³/mol. The van der Waals surface area contributed by atoms with E-state index in [-0.39, 0.29) is 12.3 Å². The van der Waals surface area contributed by atoms with Crippen molar-refractivity contribution in [3.63, 3.8) is 0 Å². The molecular weight excluding hydrogens is 299 g/mol. The maximum absolute atomic E-state index is 13.3. The highest BCUT2D eigenvalue weighted by atomic mass is 19.4. The second-order valence-corrected chi connectivity index (χ2v) is 4.90. The monoisotopic (exact) mass is 319 g/mol. The van der Waals surface area contributed by atoms with Crippen molar-refractivity contribution in [2.45, 2.75) is 38.0 Å². The molecule has 0 aliphatic carbocycles. The van der Waals surface area contributed by atoms with Crippen LogP contribution in [0.15, 0.2) is 24.3 Å². The maximum atomic E-state index is 13.3. The number of unbranched alkanes of at least 4 members (excludes halogenated alkanes) is 2. The first-order valence-electron chi connectivity index (χ1n) is 6.99. The van der Waals surface area contributed by atoms with Crippen LogP contribution in [0.5, 0.6) is 5.75 Å². The van der Waals surface area contributed by atoms with Crippen LogP contribution < -0.4 is 10.1 Å². The molecule has 1 atom stereocenters. The van der Waals surface area contributed by atoms with Gasteiger partial charge in [0.25, 0.3) is 11.5 Å². The molecule has 0 heterocycles. The van der Waals surface area contributed by atoms with E-state index in [1.54, 1.807) is 0 Å². The molecule has 124 valence electrons. The molecule has 0 aromatic heterocycles. The number of carbonyl (C=O) groups excluding carboxylic acids is 1. The van der Waals surface area contributed by atoms with Crippen LogP contribution in [0.1, 0.15) is 31.7 Å². The highest BCUT2D eigenvalue weighted by Gasteiger charge is 2.60. The van der Waals surface area contributed by atoms with E-state index in [0.29, 0.717) is 6.42 Å². The van der Waals surface area contributed by atoms with E-state index in [1.165, 1.54) is 19.2 Å². The minimum atomic E-state index is -5.14. The van der Waals surface area contributed by atoms with Crippen molar-refractivity contribution in [3.05, 3.63) is 29.8 Å². The van der Waals surface area contributed by atoms with E-state index in [2.05, 4.69) is 5.32 Å². The quantitative estimate of drug-likeness (QED) is 0.760. The fourth-order valence-electron chi connectivity index (χ4n) is 1.98. The number of halogens is 3. The molecule has 0 fully saturated rings. The van der Waals surface area contributed by atoms with E-state index in [4.69, 9.17) is 4.74 Å². The Balaban J connectivity index is 3.07. The maximum Gasteiger partial charge on any atom is 0.430 e. The molecule has 0 aliphatic rings. The Hall–Kier alpha value is -1.76. The molecule has 1 unspecified atom stereocenters. The van der Waals surface area contributed by atoms with Crippen LogP contribution in [0.25, 0.3) is 0 Å². The number of methoxy groups -OCH3 is 1. The number of hydrogen-bond acceptors (Lipinski definition) is 3. The fraction of sp³-hybridized carbons (Fsp3) is 0.533. The molecule has 1 rings (SSSR count). The summed E-state index contributed by atoms with van der Waals surface area (Å²) in [5.41, 5.74) is -4.18. The van der Waals surface area contributed by atoms with E-state index < -0.39 is 23.2 Å². The Morgan fingerprint density at radius 1 is 1.32 bits per heavy atom. The molecular formula is C15H20F3NO3. The second kappa shape index (κ2) is 7.49. The number of rotatable bonds is 7. The summed E-state index contributed by atoms with van der Waals surface area (Å²) in [5, 5.41) is 12.2. The number of benzene rings is 1. The van der Waals surface area contributed by atoms with E-state index in [0.717, 1.165) is 25.0 Å². The van der Waals surface area contributed by atoms with Gasteiger partial charge in [-0.1, -0.05) is 31.9 Å². The summed E-state index contributed by atoms with van der Waals surface area (Å²) in [4.78, 5) is 12.0. The van der Waals surface area contributed by atoms with Gasteiger partial charge in [-0.05, 0) is 18.6 Å². The van der Waals surface area contributed by atoms with Gasteiger partial charge < -0.3 is 15.2 Å². The summed E-state index contributed by atoms with van der Waals surface area (Å²) in [6, 6.07) is 4.76. The minimum Gasteiger partial charge on any atom is -0.497 e. The lowest BCUT2D eigenvalue weighted by atomic mass is 9.91. The third-order valence-electron chi connectivity index (χ3n) is 3.29. The third-order valence-corrected chi connectivity index (χ3v) is 3.29. The van der Waals surface area contributed by atoms with E-state index in [9.17, 15) is 23.1 Å². The molecule has 0 aliphatic heterocycles. The summed E-state index contributed by atoms with van der Waals surface area (Å²) in [7, 11) is 1.29. The highest BCUT2D eigenvalue weighted by molar-refractivity contribution is 5.87. The van der Waals surface area contributed by atoms with Gasteiger partial charge in [0.05, 0.1) is 7.11 Å². The molecule has 0 radical (unpaired) electrons. The Kier molecular flexibility index (Phi) is 6.22. The Morgan fingerprint density at radius 3 is 2.55 bits per heavy atom. The molecule has 1 aromatic rings. The van der Waals surface area contributed by atoms with Gasteiger partial charge in [0.1, 0.15) is 5.75 Å². The van der Waals surface area contributed by atoms with Gasteiger partial charge in [-0.2, -0.15) is 13.2 Å². The Bertz CT molecular complexity index is 505. The average molecular weight is 319 g/mol. The summed E-state index contributed by atoms with van der Waals surface area (Å²) in [6.07, 6.45) is -2.94. The van der Waals surface area contributed by atoms with Crippen molar-refractivity contribution >= 4 is 5.91 Å². The zero-order valence-corrected chi connectivity index (χ0v) is 12.5. The van der Waals surface area contributed by atoms with Crippen LogP contribution in [-0.2, 0) is 10.4 Å². The summed E-state index contributed by atoms with van der Waals surface area (Å²) in [5.74, 6) is -1.36. The summed E-state index contributed by atoms with van der Waals surface area (Å²) in [6.45, 7) is 2.01. The van der Waals surface area contributed by atoms with E-state index >= 15 is 0 Å². The van der Waals surface area contributed by atoms with Crippen LogP contribution in [0.3, 0.4) is 0 Å². The van der Waals surface area contributed by atoms with Crippen molar-refractivity contribution in [3.8, 4) is 5.75 Å². The smallest absolute Gasteiger partial charge is 0.430 e. The molecule has 0 saturated heterocycles. The number of carbonyl (C=O) groups is 1. The van der Waals surface area contributed by atoms with Gasteiger partial charge in [0.2, 0.25) is 0 Å². The standard InChI is InChI=1S/C15H20F3NO3/c1-3-4-5-9-19-13(20)14(21,15(16,17)18)11-7-6-8-12(10-11)22-2/h6-8,10,21H,3-5,9H2,1-2H3,(H,19,20). The van der Waals surface area contributed by atoms with Gasteiger partial charge in [-0.3, -0.25) is 4.79 Å². The lowest BCUT2D eigenvalue weighted by Gasteiger charge is -2.29. The molecule has 2 N–H and O–H groups in total. The van der Waals surface area contributed by atoms with Gasteiger partial charge >= 0.3 is 6.18 Å². The molecule has 22 heavy (non-hydrogen) atoms. The molecule has 0 spiro atoms. The first kappa shape index (κ1) is 18.3. The molecule has 4 nitrogen and oxygen atoms in total. The van der Waals surface area contributed by atoms with Gasteiger partial charge in [-0.25, -0.2) is 0 Å². The zero-order chi connectivity index (χ0) is 16.8. The fourth-order valence-corrected chi connectivity index (χ4v) is 1.98. The zero-order valence-electron chi connectivity index (χ0n) is 12.5. The summed E-state index contributed by atoms with van der Waals surface area (Å²) < 4.78 is 44.7. The van der Waals surface area contributed by atoms with Crippen LogP contribution >= 0.6 is 0 Å². The predicted octanol–water partition coefficient (Wildman–Crippen LogP) is 2.75. The number of ether oxygens (including phenoxy) is 1. The molecule has 1 amide bonds. The van der Waals surface area contributed by atoms with Gasteiger partial charge in [0.15, 0.2) is 0 Å². The lowest BCUT2D eigenvalue weighted by Crippen LogP contribution is -2.54. The molecule has 0 saturated carbocycles. The topological polar surface area (TPSA) is 58.6 Å². The van der Waals surface area contributed by atoms with Crippen LogP contribution in [-0.4, -0.2) is 30.8 Å². The van der Waals surface area contributed by atoms with Crippen molar-refractivity contribution in [1.82, 2.24) is 5.32 Å². The van der Waals surface area contributed by atoms with Crippen molar-refractivity contribution in [2.75, 3.05) is 13.7 Å². The average Bonchev–Trinajstić information content (AvgIpc) is 2.49. The number of nitrogens with one attached hydrogen (secondary N) is 1. The number of hydrogen-bond donors (Lipinski definition) is 2. The second-order valence-electron chi connectivity index (χ2n) is 4.90. The van der Waals surface area contributed by atoms with Gasteiger partial charge in [0, 0.05) is 12.1 Å². The number of amides is 1. The van der Waals surface area contributed by atoms with E-state index in [1.807, 2.05) is 6.92 Å². The highest BCUT2D eigenvalue weighted by Crippen LogP contribution is 2.40. The van der Waals surface area contributed by atoms with Crippen molar-refractivity contribution in [2.24, 2.45) is 0 Å².